The van der Waals surface area contributed by atoms with E-state index < -0.39 is 12.1 Å². The molecule has 0 spiro atoms. The van der Waals surface area contributed by atoms with E-state index >= 15 is 0 Å². The van der Waals surface area contributed by atoms with Gasteiger partial charge < -0.3 is 14.7 Å². The quantitative estimate of drug-likeness (QED) is 0.923. The third kappa shape index (κ3) is 3.09. The van der Waals surface area contributed by atoms with Gasteiger partial charge in [-0.1, -0.05) is 19.1 Å². The molecule has 0 aromatic heterocycles. The first kappa shape index (κ1) is 15.2. The number of nitrogens with zero attached hydrogens (tertiary/aromatic N) is 2. The minimum Gasteiger partial charge on any atom is -0.478 e. The molecule has 0 aliphatic carbocycles. The van der Waals surface area contributed by atoms with Gasteiger partial charge in [0, 0.05) is 13.1 Å². The molecular weight excluding hydrogens is 272 g/mol. The van der Waals surface area contributed by atoms with Crippen molar-refractivity contribution in [1.29, 1.82) is 0 Å². The number of carboxylic acids is 1. The molecule has 0 fully saturated rings. The van der Waals surface area contributed by atoms with Gasteiger partial charge in [0.25, 0.3) is 0 Å². The molecule has 6 heteroatoms. The molecule has 6 nitrogen and oxygen atoms in total. The van der Waals surface area contributed by atoms with Gasteiger partial charge in [0.15, 0.2) is 0 Å². The zero-order valence-corrected chi connectivity index (χ0v) is 12.3. The van der Waals surface area contributed by atoms with Crippen molar-refractivity contribution in [3.05, 3.63) is 24.3 Å². The van der Waals surface area contributed by atoms with E-state index in [1.807, 2.05) is 13.8 Å². The summed E-state index contributed by atoms with van der Waals surface area (Å²) < 4.78 is 5.44. The smallest absolute Gasteiger partial charge is 0.346 e. The molecule has 2 amide bonds. The Morgan fingerprint density at radius 3 is 2.71 bits per heavy atom. The number of anilines is 1. The van der Waals surface area contributed by atoms with E-state index in [4.69, 9.17) is 4.74 Å². The van der Waals surface area contributed by atoms with Crippen LogP contribution < -0.4 is 9.64 Å². The van der Waals surface area contributed by atoms with Crippen LogP contribution in [0.2, 0.25) is 0 Å². The maximum absolute atomic E-state index is 12.7. The van der Waals surface area contributed by atoms with Crippen LogP contribution >= 0.6 is 0 Å². The number of hydrogen-bond donors (Lipinski definition) is 1. The monoisotopic (exact) mass is 292 g/mol. The number of benzene rings is 1. The third-order valence-electron chi connectivity index (χ3n) is 3.43. The number of para-hydroxylation sites is 2. The molecule has 1 atom stereocenters. The van der Waals surface area contributed by atoms with E-state index in [1.165, 1.54) is 4.90 Å². The van der Waals surface area contributed by atoms with Crippen molar-refractivity contribution in [2.75, 3.05) is 24.5 Å². The molecule has 21 heavy (non-hydrogen) atoms. The van der Waals surface area contributed by atoms with Crippen LogP contribution in [0.5, 0.6) is 5.75 Å². The van der Waals surface area contributed by atoms with Gasteiger partial charge in [0.1, 0.15) is 5.75 Å². The number of ether oxygens (including phenoxy) is 1. The van der Waals surface area contributed by atoms with Gasteiger partial charge in [-0.25, -0.2) is 9.59 Å². The summed E-state index contributed by atoms with van der Waals surface area (Å²) in [6.07, 6.45) is -0.183. The fraction of sp³-hybridized carbons (Fsp3) is 0.467. The van der Waals surface area contributed by atoms with E-state index in [0.717, 1.165) is 6.42 Å². The number of carboxylic acid groups (broad SMARTS) is 1. The first-order valence-electron chi connectivity index (χ1n) is 7.13. The molecule has 0 saturated heterocycles. The van der Waals surface area contributed by atoms with E-state index in [9.17, 15) is 14.7 Å². The van der Waals surface area contributed by atoms with Crippen molar-refractivity contribution in [3.63, 3.8) is 0 Å². The summed E-state index contributed by atoms with van der Waals surface area (Å²) in [6, 6.07) is 6.84. The lowest BCUT2D eigenvalue weighted by Crippen LogP contribution is -2.51. The lowest BCUT2D eigenvalue weighted by Gasteiger charge is -2.36. The number of carbonyl (C=O) groups is 2. The average Bonchev–Trinajstić information content (AvgIpc) is 2.50. The Balaban J connectivity index is 2.32. The normalized spacial score (nSPS) is 16.9. The second-order valence-corrected chi connectivity index (χ2v) is 4.89. The van der Waals surface area contributed by atoms with Gasteiger partial charge in [-0.15, -0.1) is 0 Å². The molecule has 1 aliphatic heterocycles. The molecule has 1 unspecified atom stereocenters. The van der Waals surface area contributed by atoms with Crippen molar-refractivity contribution in [3.8, 4) is 5.75 Å². The Hall–Kier alpha value is -2.24. The van der Waals surface area contributed by atoms with Gasteiger partial charge in [-0.2, -0.15) is 0 Å². The number of carbonyl (C=O) groups excluding carboxylic acids is 1. The fourth-order valence-corrected chi connectivity index (χ4v) is 2.37. The fourth-order valence-electron chi connectivity index (χ4n) is 2.37. The standard InChI is InChI=1S/C15H20N2O4/c1-3-9-16(4-2)15(20)17-10-13(14(18)19)21-12-8-6-5-7-11(12)17/h5-8,13H,3-4,9-10H2,1-2H3,(H,18,19). The van der Waals surface area contributed by atoms with Crippen molar-refractivity contribution in [2.24, 2.45) is 0 Å². The highest BCUT2D eigenvalue weighted by atomic mass is 16.5. The lowest BCUT2D eigenvalue weighted by molar-refractivity contribution is -0.144. The van der Waals surface area contributed by atoms with Crippen molar-refractivity contribution in [1.82, 2.24) is 4.90 Å². The van der Waals surface area contributed by atoms with Gasteiger partial charge in [0.05, 0.1) is 12.2 Å². The molecule has 1 aromatic rings. The van der Waals surface area contributed by atoms with Crippen LogP contribution in [-0.2, 0) is 4.79 Å². The summed E-state index contributed by atoms with van der Waals surface area (Å²) in [6.45, 7) is 5.17. The molecule has 1 N–H and O–H groups in total. The summed E-state index contributed by atoms with van der Waals surface area (Å²) in [5.74, 6) is -0.641. The number of urea groups is 1. The zero-order valence-electron chi connectivity index (χ0n) is 12.3. The van der Waals surface area contributed by atoms with E-state index in [2.05, 4.69) is 0 Å². The first-order chi connectivity index (χ1) is 10.1. The van der Waals surface area contributed by atoms with Crippen LogP contribution in [0.4, 0.5) is 10.5 Å². The predicted molar refractivity (Wildman–Crippen MR) is 78.8 cm³/mol. The van der Waals surface area contributed by atoms with Gasteiger partial charge >= 0.3 is 12.0 Å². The molecule has 1 heterocycles. The number of amides is 2. The zero-order chi connectivity index (χ0) is 15.4. The SMILES string of the molecule is CCCN(CC)C(=O)N1CC(C(=O)O)Oc2ccccc21. The van der Waals surface area contributed by atoms with Crippen molar-refractivity contribution >= 4 is 17.7 Å². The summed E-state index contributed by atoms with van der Waals surface area (Å²) in [5.41, 5.74) is 0.620. The van der Waals surface area contributed by atoms with Crippen LogP contribution in [0, 0.1) is 0 Å². The lowest BCUT2D eigenvalue weighted by atomic mass is 10.2. The van der Waals surface area contributed by atoms with Crippen LogP contribution in [0.25, 0.3) is 0 Å². The predicted octanol–water partition coefficient (Wildman–Crippen LogP) is 2.19. The number of rotatable bonds is 4. The van der Waals surface area contributed by atoms with E-state index in [1.54, 1.807) is 29.2 Å². The minimum atomic E-state index is -1.07. The Morgan fingerprint density at radius 1 is 1.38 bits per heavy atom. The molecule has 1 aromatic carbocycles. The van der Waals surface area contributed by atoms with Crippen LogP contribution in [0.3, 0.4) is 0 Å². The van der Waals surface area contributed by atoms with Gasteiger partial charge in [-0.05, 0) is 25.5 Å². The highest BCUT2D eigenvalue weighted by Crippen LogP contribution is 2.33. The maximum atomic E-state index is 12.7. The molecule has 1 aliphatic rings. The second-order valence-electron chi connectivity index (χ2n) is 4.89. The van der Waals surface area contributed by atoms with Gasteiger partial charge in [0.2, 0.25) is 6.10 Å². The number of hydrogen-bond acceptors (Lipinski definition) is 3. The Morgan fingerprint density at radius 2 is 2.10 bits per heavy atom. The maximum Gasteiger partial charge on any atom is 0.346 e. The molecule has 2 rings (SSSR count). The van der Waals surface area contributed by atoms with E-state index in [0.29, 0.717) is 24.5 Å². The van der Waals surface area contributed by atoms with Crippen LogP contribution in [0.1, 0.15) is 20.3 Å². The topological polar surface area (TPSA) is 70.1 Å². The summed E-state index contributed by atoms with van der Waals surface area (Å²) in [4.78, 5) is 27.1. The number of aliphatic carboxylic acids is 1. The summed E-state index contributed by atoms with van der Waals surface area (Å²) >= 11 is 0. The highest BCUT2D eigenvalue weighted by molar-refractivity contribution is 5.95. The van der Waals surface area contributed by atoms with Gasteiger partial charge in [-0.3, -0.25) is 4.90 Å². The third-order valence-corrected chi connectivity index (χ3v) is 3.43. The molecule has 0 radical (unpaired) electrons. The highest BCUT2D eigenvalue weighted by Gasteiger charge is 2.35. The minimum absolute atomic E-state index is 0.0192. The molecule has 0 bridgehead atoms. The molecular formula is C15H20N2O4. The number of fused-ring (bicyclic) bond motifs is 1. The molecule has 0 saturated carbocycles. The van der Waals surface area contributed by atoms with Crippen LogP contribution in [0.15, 0.2) is 24.3 Å². The molecule has 114 valence electrons. The Kier molecular flexibility index (Phi) is 4.67. The Labute approximate surface area is 123 Å². The van der Waals surface area contributed by atoms with Crippen LogP contribution in [-0.4, -0.2) is 47.7 Å². The first-order valence-corrected chi connectivity index (χ1v) is 7.13. The van der Waals surface area contributed by atoms with E-state index in [-0.39, 0.29) is 12.6 Å². The largest absolute Gasteiger partial charge is 0.478 e. The Bertz CT molecular complexity index is 532. The average molecular weight is 292 g/mol. The van der Waals surface area contributed by atoms with Crippen molar-refractivity contribution in [2.45, 2.75) is 26.4 Å². The summed E-state index contributed by atoms with van der Waals surface area (Å²) in [5, 5.41) is 9.19. The second kappa shape index (κ2) is 6.47. The summed E-state index contributed by atoms with van der Waals surface area (Å²) in [7, 11) is 0. The van der Waals surface area contributed by atoms with Crippen molar-refractivity contribution < 1.29 is 19.4 Å².